The number of nitrogens with one attached hydrogen (secondary N) is 1. The molecule has 1 N–H and O–H groups in total. The summed E-state index contributed by atoms with van der Waals surface area (Å²) in [6, 6.07) is 0. The van der Waals surface area contributed by atoms with Crippen LogP contribution in [0.3, 0.4) is 0 Å². The van der Waals surface area contributed by atoms with Gasteiger partial charge in [0, 0.05) is 31.1 Å². The minimum Gasteiger partial charge on any atom is -0.340 e. The maximum absolute atomic E-state index is 13.0. The van der Waals surface area contributed by atoms with Gasteiger partial charge in [-0.1, -0.05) is 5.16 Å². The molecule has 2 aromatic rings. The summed E-state index contributed by atoms with van der Waals surface area (Å²) in [4.78, 5) is 18.0. The van der Waals surface area contributed by atoms with Crippen LogP contribution in [0.1, 0.15) is 35.1 Å². The molecule has 0 aliphatic heterocycles. The number of alkyl halides is 3. The van der Waals surface area contributed by atoms with Gasteiger partial charge in [-0.05, 0) is 19.3 Å². The predicted molar refractivity (Wildman–Crippen MR) is 74.6 cm³/mol. The molecule has 0 bridgehead atoms. The van der Waals surface area contributed by atoms with E-state index in [0.29, 0.717) is 30.3 Å². The summed E-state index contributed by atoms with van der Waals surface area (Å²) in [7, 11) is 1.57. The van der Waals surface area contributed by atoms with Gasteiger partial charge in [-0.3, -0.25) is 9.89 Å². The molecule has 0 saturated carbocycles. The van der Waals surface area contributed by atoms with Crippen LogP contribution in [-0.4, -0.2) is 38.2 Å². The van der Waals surface area contributed by atoms with Crippen molar-refractivity contribution in [2.45, 2.75) is 38.9 Å². The maximum atomic E-state index is 13.0. The summed E-state index contributed by atoms with van der Waals surface area (Å²) in [6.45, 7) is 1.79. The number of fused-ring (bicyclic) bond motifs is 1. The zero-order valence-electron chi connectivity index (χ0n) is 13.1. The van der Waals surface area contributed by atoms with Crippen molar-refractivity contribution < 1.29 is 22.5 Å². The molecule has 1 amide bonds. The Labute approximate surface area is 135 Å². The molecule has 1 aliphatic rings. The third kappa shape index (κ3) is 3.13. The van der Waals surface area contributed by atoms with Crippen molar-refractivity contribution in [1.29, 1.82) is 0 Å². The molecule has 1 atom stereocenters. The summed E-state index contributed by atoms with van der Waals surface area (Å²) >= 11 is 0. The van der Waals surface area contributed by atoms with Gasteiger partial charge >= 0.3 is 6.18 Å². The van der Waals surface area contributed by atoms with Crippen molar-refractivity contribution >= 4 is 5.91 Å². The molecule has 130 valence electrons. The second-order valence-corrected chi connectivity index (χ2v) is 5.89. The van der Waals surface area contributed by atoms with E-state index in [2.05, 4.69) is 20.3 Å². The monoisotopic (exact) mass is 343 g/mol. The van der Waals surface area contributed by atoms with Gasteiger partial charge in [-0.25, -0.2) is 0 Å². The normalized spacial score (nSPS) is 17.6. The average Bonchev–Trinajstić information content (AvgIpc) is 3.11. The Balaban J connectivity index is 1.72. The number of halogens is 3. The lowest BCUT2D eigenvalue weighted by Gasteiger charge is -2.26. The second kappa shape index (κ2) is 5.91. The Bertz CT molecular complexity index is 752. The van der Waals surface area contributed by atoms with Crippen LogP contribution < -0.4 is 0 Å². The van der Waals surface area contributed by atoms with Gasteiger partial charge in [0.05, 0.1) is 6.54 Å². The Kier molecular flexibility index (Phi) is 4.06. The molecule has 7 nitrogen and oxygen atoms in total. The Morgan fingerprint density at radius 3 is 2.83 bits per heavy atom. The van der Waals surface area contributed by atoms with Crippen LogP contribution in [0, 0.1) is 12.8 Å². The van der Waals surface area contributed by atoms with E-state index in [-0.39, 0.29) is 24.4 Å². The molecule has 0 radical (unpaired) electrons. The third-order valence-electron chi connectivity index (χ3n) is 4.09. The molecule has 0 saturated heterocycles. The topological polar surface area (TPSA) is 87.9 Å². The van der Waals surface area contributed by atoms with E-state index in [0.717, 1.165) is 0 Å². The average molecular weight is 343 g/mol. The number of aromatic nitrogens is 4. The zero-order valence-corrected chi connectivity index (χ0v) is 13.1. The lowest BCUT2D eigenvalue weighted by atomic mass is 9.85. The lowest BCUT2D eigenvalue weighted by Crippen LogP contribution is -2.36. The molecular weight excluding hydrogens is 327 g/mol. The lowest BCUT2D eigenvalue weighted by molar-refractivity contribution is -0.142. The van der Waals surface area contributed by atoms with Crippen molar-refractivity contribution in [3.63, 3.8) is 0 Å². The predicted octanol–water partition coefficient (Wildman–Crippen LogP) is 1.88. The minimum absolute atomic E-state index is 0.0229. The van der Waals surface area contributed by atoms with E-state index < -0.39 is 17.8 Å². The largest absolute Gasteiger partial charge is 0.435 e. The van der Waals surface area contributed by atoms with Gasteiger partial charge in [0.15, 0.2) is 11.5 Å². The Morgan fingerprint density at radius 2 is 2.21 bits per heavy atom. The smallest absolute Gasteiger partial charge is 0.340 e. The van der Waals surface area contributed by atoms with Crippen LogP contribution in [-0.2, 0) is 30.4 Å². The fourth-order valence-electron chi connectivity index (χ4n) is 2.95. The number of hydrogen-bond donors (Lipinski definition) is 1. The van der Waals surface area contributed by atoms with Crippen molar-refractivity contribution in [1.82, 2.24) is 25.2 Å². The first-order valence-electron chi connectivity index (χ1n) is 7.43. The number of amides is 1. The van der Waals surface area contributed by atoms with E-state index in [9.17, 15) is 18.0 Å². The van der Waals surface area contributed by atoms with E-state index in [1.165, 1.54) is 4.90 Å². The van der Waals surface area contributed by atoms with Crippen LogP contribution in [0.5, 0.6) is 0 Å². The molecule has 0 aromatic carbocycles. The van der Waals surface area contributed by atoms with Gasteiger partial charge in [-0.15, -0.1) is 0 Å². The second-order valence-electron chi connectivity index (χ2n) is 5.89. The summed E-state index contributed by atoms with van der Waals surface area (Å²) < 4.78 is 43.8. The molecule has 1 aliphatic carbocycles. The number of H-pyrrole nitrogens is 1. The van der Waals surface area contributed by atoms with Crippen molar-refractivity contribution in [2.24, 2.45) is 5.92 Å². The Morgan fingerprint density at radius 1 is 1.46 bits per heavy atom. The molecule has 1 unspecified atom stereocenters. The van der Waals surface area contributed by atoms with Crippen molar-refractivity contribution in [3.8, 4) is 0 Å². The quantitative estimate of drug-likeness (QED) is 0.919. The number of hydrogen-bond acceptors (Lipinski definition) is 5. The first-order valence-corrected chi connectivity index (χ1v) is 7.43. The maximum Gasteiger partial charge on any atom is 0.435 e. The van der Waals surface area contributed by atoms with Crippen LogP contribution in [0.25, 0.3) is 0 Å². The molecular formula is C14H16F3N5O2. The van der Waals surface area contributed by atoms with E-state index in [1.54, 1.807) is 14.0 Å². The van der Waals surface area contributed by atoms with Crippen molar-refractivity contribution in [3.05, 3.63) is 28.7 Å². The minimum atomic E-state index is -4.52. The number of nitrogens with zero attached hydrogens (tertiary/aromatic N) is 4. The van der Waals surface area contributed by atoms with Gasteiger partial charge < -0.3 is 9.42 Å². The number of carbonyl (C=O) groups is 1. The van der Waals surface area contributed by atoms with E-state index in [4.69, 9.17) is 4.52 Å². The highest BCUT2D eigenvalue weighted by Gasteiger charge is 2.40. The molecule has 2 heterocycles. The van der Waals surface area contributed by atoms with E-state index >= 15 is 0 Å². The van der Waals surface area contributed by atoms with Crippen LogP contribution in [0.15, 0.2) is 4.52 Å². The first-order chi connectivity index (χ1) is 11.3. The van der Waals surface area contributed by atoms with Crippen molar-refractivity contribution in [2.75, 3.05) is 7.05 Å². The highest BCUT2D eigenvalue weighted by atomic mass is 19.4. The zero-order chi connectivity index (χ0) is 17.5. The summed E-state index contributed by atoms with van der Waals surface area (Å²) in [6.07, 6.45) is -3.66. The van der Waals surface area contributed by atoms with Crippen LogP contribution >= 0.6 is 0 Å². The molecule has 24 heavy (non-hydrogen) atoms. The number of aryl methyl sites for hydroxylation is 2. The van der Waals surface area contributed by atoms with Crippen LogP contribution in [0.2, 0.25) is 0 Å². The van der Waals surface area contributed by atoms with Gasteiger partial charge in [-0.2, -0.15) is 23.3 Å². The molecule has 10 heteroatoms. The van der Waals surface area contributed by atoms with Crippen LogP contribution in [0.4, 0.5) is 13.2 Å². The molecule has 2 aromatic heterocycles. The fourth-order valence-corrected chi connectivity index (χ4v) is 2.95. The molecule has 0 spiro atoms. The van der Waals surface area contributed by atoms with Gasteiger partial charge in [0.1, 0.15) is 0 Å². The standard InChI is InChI=1S/C14H16F3N5O2/c1-7-18-11(21-24-7)6-22(2)13(23)8-3-4-10-9(5-8)12(20-19-10)14(15,16)17/h8H,3-6H2,1-2H3,(H,19,20). The number of rotatable bonds is 3. The number of aromatic amines is 1. The number of carbonyl (C=O) groups excluding carboxylic acids is 1. The van der Waals surface area contributed by atoms with Gasteiger partial charge in [0.2, 0.25) is 11.8 Å². The Hall–Kier alpha value is -2.39. The third-order valence-corrected chi connectivity index (χ3v) is 4.09. The van der Waals surface area contributed by atoms with Gasteiger partial charge in [0.25, 0.3) is 0 Å². The first kappa shape index (κ1) is 16.5. The molecule has 0 fully saturated rings. The highest BCUT2D eigenvalue weighted by molar-refractivity contribution is 5.79. The summed E-state index contributed by atoms with van der Waals surface area (Å²) in [5.41, 5.74) is -0.370. The SMILES string of the molecule is Cc1nc(CN(C)C(=O)C2CCc3[nH]nc(C(F)(F)F)c3C2)no1. The summed E-state index contributed by atoms with van der Waals surface area (Å²) in [5, 5.41) is 9.52. The van der Waals surface area contributed by atoms with E-state index in [1.807, 2.05) is 0 Å². The fraction of sp³-hybridized carbons (Fsp3) is 0.571. The highest BCUT2D eigenvalue weighted by Crippen LogP contribution is 2.36. The summed E-state index contributed by atoms with van der Waals surface area (Å²) in [5.74, 6) is -0.00728. The molecule has 3 rings (SSSR count).